The normalized spacial score (nSPS) is 14.3. The Morgan fingerprint density at radius 1 is 0.684 bits per heavy atom. The number of carbonyl (C=O) groups is 2. The van der Waals surface area contributed by atoms with E-state index in [1.165, 1.54) is 0 Å². The van der Waals surface area contributed by atoms with Gasteiger partial charge in [0.25, 0.3) is 0 Å². The highest BCUT2D eigenvalue weighted by Gasteiger charge is 2.74. The second-order valence-electron chi connectivity index (χ2n) is 2.89. The molecule has 13 heteroatoms. The van der Waals surface area contributed by atoms with Crippen LogP contribution in [0.15, 0.2) is 0 Å². The highest BCUT2D eigenvalue weighted by Crippen LogP contribution is 2.45. The molecule has 2 N–H and O–H groups in total. The van der Waals surface area contributed by atoms with E-state index < -0.39 is 36.0 Å². The summed E-state index contributed by atoms with van der Waals surface area (Å²) in [4.78, 5) is 19.4. The molecular formula is C6H2F8O5. The predicted octanol–water partition coefficient (Wildman–Crippen LogP) is 1.63. The minimum atomic E-state index is -6.58. The second kappa shape index (κ2) is 4.47. The molecule has 0 heterocycles. The van der Waals surface area contributed by atoms with Crippen LogP contribution in [-0.2, 0) is 14.3 Å². The summed E-state index contributed by atoms with van der Waals surface area (Å²) in [7, 11) is 0. The van der Waals surface area contributed by atoms with Gasteiger partial charge >= 0.3 is 36.0 Å². The molecule has 112 valence electrons. The van der Waals surface area contributed by atoms with Gasteiger partial charge in [-0.25, -0.2) is 14.3 Å². The smallest absolute Gasteiger partial charge is 0.435 e. The van der Waals surface area contributed by atoms with Crippen molar-refractivity contribution in [3.05, 3.63) is 0 Å². The van der Waals surface area contributed by atoms with Crippen molar-refractivity contribution in [1.29, 1.82) is 0 Å². The van der Waals surface area contributed by atoms with Crippen LogP contribution in [0.2, 0.25) is 0 Å². The summed E-state index contributed by atoms with van der Waals surface area (Å²) in [6.07, 6.45) is -13.2. The summed E-state index contributed by atoms with van der Waals surface area (Å²) in [5.41, 5.74) is 0. The maximum absolute atomic E-state index is 12.4. The van der Waals surface area contributed by atoms with E-state index in [2.05, 4.69) is 0 Å². The summed E-state index contributed by atoms with van der Waals surface area (Å²) in [5, 5.41) is 15.3. The molecule has 0 fully saturated rings. The molecule has 0 radical (unpaired) electrons. The largest absolute Gasteiger partial charge is 0.477 e. The molecule has 0 saturated carbocycles. The molecule has 0 aliphatic heterocycles. The molecule has 0 bridgehead atoms. The van der Waals surface area contributed by atoms with Crippen molar-refractivity contribution in [2.24, 2.45) is 0 Å². The van der Waals surface area contributed by atoms with Crippen LogP contribution in [0, 0.1) is 0 Å². The number of aliphatic carboxylic acids is 2. The molecule has 0 amide bonds. The van der Waals surface area contributed by atoms with Gasteiger partial charge in [0.2, 0.25) is 0 Å². The van der Waals surface area contributed by atoms with Crippen LogP contribution in [0.5, 0.6) is 0 Å². The summed E-state index contributed by atoms with van der Waals surface area (Å²) in [6.45, 7) is 0. The van der Waals surface area contributed by atoms with Crippen LogP contribution >= 0.6 is 0 Å². The van der Waals surface area contributed by atoms with Gasteiger partial charge in [-0.3, -0.25) is 0 Å². The summed E-state index contributed by atoms with van der Waals surface area (Å²) < 4.78 is 100. The van der Waals surface area contributed by atoms with Crippen molar-refractivity contribution in [3.63, 3.8) is 0 Å². The monoisotopic (exact) mass is 306 g/mol. The van der Waals surface area contributed by atoms with Gasteiger partial charge in [0.05, 0.1) is 0 Å². The Morgan fingerprint density at radius 2 is 0.895 bits per heavy atom. The number of alkyl halides is 8. The molecule has 0 aliphatic rings. The fourth-order valence-electron chi connectivity index (χ4n) is 0.538. The third kappa shape index (κ3) is 2.85. The van der Waals surface area contributed by atoms with Crippen LogP contribution in [-0.4, -0.2) is 46.2 Å². The minimum Gasteiger partial charge on any atom is -0.477 e. The summed E-state index contributed by atoms with van der Waals surface area (Å²) in [5.74, 6) is -19.9. The quantitative estimate of drug-likeness (QED) is 0.729. The standard InChI is InChI=1S/C6H2F8O5/c7-3(8,1(15)16)5(11,12)19-6(13,14)4(9,10)2(17)18/h(H,15,16)(H,17,18). The van der Waals surface area contributed by atoms with Crippen LogP contribution in [0.25, 0.3) is 0 Å². The lowest BCUT2D eigenvalue weighted by Crippen LogP contribution is -2.58. The molecule has 0 saturated heterocycles. The molecule has 19 heavy (non-hydrogen) atoms. The molecular weight excluding hydrogens is 304 g/mol. The number of carboxylic acids is 2. The van der Waals surface area contributed by atoms with Crippen molar-refractivity contribution in [1.82, 2.24) is 0 Å². The van der Waals surface area contributed by atoms with Crippen molar-refractivity contribution < 1.29 is 59.7 Å². The second-order valence-corrected chi connectivity index (χ2v) is 2.89. The molecule has 0 aromatic heterocycles. The zero-order valence-corrected chi connectivity index (χ0v) is 8.14. The first-order valence-corrected chi connectivity index (χ1v) is 3.78. The summed E-state index contributed by atoms with van der Waals surface area (Å²) >= 11 is 0. The van der Waals surface area contributed by atoms with E-state index in [-0.39, 0.29) is 0 Å². The van der Waals surface area contributed by atoms with E-state index in [9.17, 15) is 44.7 Å². The summed E-state index contributed by atoms with van der Waals surface area (Å²) in [6, 6.07) is 0. The predicted molar refractivity (Wildman–Crippen MR) is 36.1 cm³/mol. The lowest BCUT2D eigenvalue weighted by molar-refractivity contribution is -0.455. The zero-order chi connectivity index (χ0) is 15.9. The Balaban J connectivity index is 5.45. The van der Waals surface area contributed by atoms with Gasteiger partial charge in [0, 0.05) is 0 Å². The van der Waals surface area contributed by atoms with E-state index in [4.69, 9.17) is 10.2 Å². The van der Waals surface area contributed by atoms with Crippen molar-refractivity contribution in [2.45, 2.75) is 24.1 Å². The Morgan fingerprint density at radius 3 is 1.05 bits per heavy atom. The van der Waals surface area contributed by atoms with Crippen molar-refractivity contribution >= 4 is 11.9 Å². The zero-order valence-electron chi connectivity index (χ0n) is 8.14. The van der Waals surface area contributed by atoms with Gasteiger partial charge < -0.3 is 10.2 Å². The first kappa shape index (κ1) is 17.3. The maximum atomic E-state index is 12.4. The van der Waals surface area contributed by atoms with Crippen LogP contribution < -0.4 is 0 Å². The molecule has 0 rings (SSSR count). The lowest BCUT2D eigenvalue weighted by atomic mass is 10.3. The lowest BCUT2D eigenvalue weighted by Gasteiger charge is -2.29. The Labute approximate surface area is 96.9 Å². The van der Waals surface area contributed by atoms with E-state index in [0.717, 1.165) is 0 Å². The maximum Gasteiger partial charge on any atom is 0.435 e. The average molecular weight is 306 g/mol. The molecule has 0 aliphatic carbocycles. The number of carboxylic acid groups (broad SMARTS) is 2. The highest BCUT2D eigenvalue weighted by atomic mass is 19.3. The average Bonchev–Trinajstić information content (AvgIpc) is 2.14. The Hall–Kier alpha value is -1.66. The molecule has 0 aromatic rings. The van der Waals surface area contributed by atoms with E-state index in [0.29, 0.717) is 0 Å². The van der Waals surface area contributed by atoms with Gasteiger partial charge in [0.1, 0.15) is 0 Å². The van der Waals surface area contributed by atoms with Gasteiger partial charge in [0.15, 0.2) is 0 Å². The van der Waals surface area contributed by atoms with Crippen LogP contribution in [0.4, 0.5) is 35.1 Å². The number of hydrogen-bond donors (Lipinski definition) is 2. The van der Waals surface area contributed by atoms with Crippen molar-refractivity contribution in [2.75, 3.05) is 0 Å². The molecule has 0 unspecified atom stereocenters. The number of hydrogen-bond acceptors (Lipinski definition) is 3. The topological polar surface area (TPSA) is 83.8 Å². The SMILES string of the molecule is O=C(O)C(F)(F)C(F)(F)OC(F)(F)C(F)(F)C(=O)O. The first-order chi connectivity index (χ1) is 8.09. The molecule has 0 atom stereocenters. The fraction of sp³-hybridized carbons (Fsp3) is 0.667. The molecule has 5 nitrogen and oxygen atoms in total. The molecule has 0 spiro atoms. The van der Waals surface area contributed by atoms with E-state index in [1.54, 1.807) is 4.74 Å². The van der Waals surface area contributed by atoms with Crippen LogP contribution in [0.3, 0.4) is 0 Å². The van der Waals surface area contributed by atoms with Crippen LogP contribution in [0.1, 0.15) is 0 Å². The van der Waals surface area contributed by atoms with Gasteiger partial charge in [-0.15, -0.1) is 0 Å². The highest BCUT2D eigenvalue weighted by molar-refractivity contribution is 5.77. The Kier molecular flexibility index (Phi) is 4.08. The van der Waals surface area contributed by atoms with Gasteiger partial charge in [-0.1, -0.05) is 0 Å². The van der Waals surface area contributed by atoms with Gasteiger partial charge in [-0.2, -0.15) is 35.1 Å². The molecule has 0 aromatic carbocycles. The fourth-order valence-corrected chi connectivity index (χ4v) is 0.538. The number of ether oxygens (including phenoxy) is 1. The van der Waals surface area contributed by atoms with Gasteiger partial charge in [-0.05, 0) is 0 Å². The third-order valence-corrected chi connectivity index (χ3v) is 1.52. The number of halogens is 8. The number of rotatable bonds is 6. The van der Waals surface area contributed by atoms with E-state index >= 15 is 0 Å². The van der Waals surface area contributed by atoms with Crippen molar-refractivity contribution in [3.8, 4) is 0 Å². The third-order valence-electron chi connectivity index (χ3n) is 1.52. The van der Waals surface area contributed by atoms with E-state index in [1.807, 2.05) is 0 Å². The first-order valence-electron chi connectivity index (χ1n) is 3.78. The Bertz CT molecular complexity index is 355. The minimum absolute atomic E-state index is 1.75.